The van der Waals surface area contributed by atoms with Gasteiger partial charge >= 0.3 is 0 Å². The molecule has 0 fully saturated rings. The molecular weight excluding hydrogens is 318 g/mol. The Balaban J connectivity index is 1.75. The Morgan fingerprint density at radius 2 is 2.00 bits per heavy atom. The number of nitrogens with one attached hydrogen (secondary N) is 1. The fourth-order valence-corrected chi connectivity index (χ4v) is 3.26. The number of aromatic nitrogens is 4. The zero-order chi connectivity index (χ0) is 17.2. The lowest BCUT2D eigenvalue weighted by Gasteiger charge is -2.12. The number of fused-ring (bicyclic) bond motifs is 3. The molecule has 0 aliphatic carbocycles. The van der Waals surface area contributed by atoms with Gasteiger partial charge in [0.05, 0.1) is 19.9 Å². The van der Waals surface area contributed by atoms with Crippen molar-refractivity contribution in [1.82, 2.24) is 19.5 Å². The molecule has 1 aromatic carbocycles. The molecule has 25 heavy (non-hydrogen) atoms. The van der Waals surface area contributed by atoms with Gasteiger partial charge in [0.1, 0.15) is 23.7 Å². The molecule has 4 rings (SSSR count). The van der Waals surface area contributed by atoms with E-state index in [0.717, 1.165) is 47.8 Å². The zero-order valence-electron chi connectivity index (χ0n) is 14.5. The van der Waals surface area contributed by atoms with E-state index in [9.17, 15) is 0 Å². The second-order valence-electron chi connectivity index (χ2n) is 6.08. The molecule has 0 bridgehead atoms. The molecule has 7 heteroatoms. The Kier molecular flexibility index (Phi) is 4.13. The molecule has 3 heterocycles. The largest absolute Gasteiger partial charge is 0.497 e. The Bertz CT molecular complexity index is 906. The number of ether oxygens (including phenoxy) is 2. The van der Waals surface area contributed by atoms with E-state index in [1.807, 2.05) is 18.2 Å². The maximum atomic E-state index is 5.46. The van der Waals surface area contributed by atoms with Crippen LogP contribution in [0, 0.1) is 0 Å². The quantitative estimate of drug-likeness (QED) is 0.786. The predicted octanol–water partition coefficient (Wildman–Crippen LogP) is 3.31. The summed E-state index contributed by atoms with van der Waals surface area (Å²) in [6.45, 7) is 0.966. The van der Waals surface area contributed by atoms with Gasteiger partial charge in [-0.3, -0.25) is 0 Å². The summed E-state index contributed by atoms with van der Waals surface area (Å²) >= 11 is 0. The van der Waals surface area contributed by atoms with Gasteiger partial charge in [-0.25, -0.2) is 15.0 Å². The third-order valence-electron chi connectivity index (χ3n) is 4.55. The lowest BCUT2D eigenvalue weighted by Crippen LogP contribution is -2.02. The molecule has 0 amide bonds. The molecule has 0 spiro atoms. The van der Waals surface area contributed by atoms with Crippen LogP contribution in [0.4, 0.5) is 11.5 Å². The minimum atomic E-state index is 0.687. The number of aryl methyl sites for hydroxylation is 2. The van der Waals surface area contributed by atoms with Gasteiger partial charge < -0.3 is 19.4 Å². The van der Waals surface area contributed by atoms with Crippen LogP contribution >= 0.6 is 0 Å². The summed E-state index contributed by atoms with van der Waals surface area (Å²) in [5.41, 5.74) is 2.51. The monoisotopic (exact) mass is 339 g/mol. The van der Waals surface area contributed by atoms with Gasteiger partial charge in [0, 0.05) is 19.0 Å². The SMILES string of the molecule is COc1ccc(Nc2ncnc3c2nc2n3CCCCC2)c(OC)c1. The summed E-state index contributed by atoms with van der Waals surface area (Å²) in [7, 11) is 3.27. The van der Waals surface area contributed by atoms with E-state index in [-0.39, 0.29) is 0 Å². The third kappa shape index (κ3) is 2.86. The average Bonchev–Trinajstić information content (AvgIpc) is 2.84. The van der Waals surface area contributed by atoms with Crippen molar-refractivity contribution < 1.29 is 9.47 Å². The van der Waals surface area contributed by atoms with Gasteiger partial charge in [0.15, 0.2) is 17.0 Å². The molecule has 2 aromatic heterocycles. The Morgan fingerprint density at radius 3 is 2.84 bits per heavy atom. The van der Waals surface area contributed by atoms with E-state index >= 15 is 0 Å². The number of hydrogen-bond donors (Lipinski definition) is 1. The minimum absolute atomic E-state index is 0.687. The highest BCUT2D eigenvalue weighted by atomic mass is 16.5. The molecule has 0 unspecified atom stereocenters. The van der Waals surface area contributed by atoms with Crippen LogP contribution < -0.4 is 14.8 Å². The second kappa shape index (κ2) is 6.58. The Hall–Kier alpha value is -2.83. The molecular formula is C18H21N5O2. The van der Waals surface area contributed by atoms with Crippen molar-refractivity contribution in [1.29, 1.82) is 0 Å². The molecule has 1 N–H and O–H groups in total. The molecule has 0 saturated heterocycles. The lowest BCUT2D eigenvalue weighted by atomic mass is 10.2. The van der Waals surface area contributed by atoms with Crippen molar-refractivity contribution in [3.05, 3.63) is 30.4 Å². The van der Waals surface area contributed by atoms with Crippen LogP contribution in [0.2, 0.25) is 0 Å². The summed E-state index contributed by atoms with van der Waals surface area (Å²) in [5.74, 6) is 3.21. The van der Waals surface area contributed by atoms with Gasteiger partial charge in [-0.05, 0) is 25.0 Å². The first kappa shape index (κ1) is 15.7. The van der Waals surface area contributed by atoms with Crippen LogP contribution in [-0.2, 0) is 13.0 Å². The first-order valence-electron chi connectivity index (χ1n) is 8.49. The van der Waals surface area contributed by atoms with Crippen LogP contribution in [0.3, 0.4) is 0 Å². The van der Waals surface area contributed by atoms with Gasteiger partial charge in [0.2, 0.25) is 0 Å². The Morgan fingerprint density at radius 1 is 1.08 bits per heavy atom. The van der Waals surface area contributed by atoms with Crippen molar-refractivity contribution in [2.45, 2.75) is 32.2 Å². The van der Waals surface area contributed by atoms with E-state index < -0.39 is 0 Å². The van der Waals surface area contributed by atoms with Gasteiger partial charge in [-0.2, -0.15) is 0 Å². The molecule has 0 atom stereocenters. The molecule has 1 aliphatic rings. The summed E-state index contributed by atoms with van der Waals surface area (Å²) in [6, 6.07) is 5.63. The number of nitrogens with zero attached hydrogens (tertiary/aromatic N) is 4. The minimum Gasteiger partial charge on any atom is -0.497 e. The fourth-order valence-electron chi connectivity index (χ4n) is 3.26. The van der Waals surface area contributed by atoms with Crippen LogP contribution in [0.1, 0.15) is 25.1 Å². The van der Waals surface area contributed by atoms with Crippen molar-refractivity contribution in [3.63, 3.8) is 0 Å². The maximum Gasteiger partial charge on any atom is 0.165 e. The maximum absolute atomic E-state index is 5.46. The summed E-state index contributed by atoms with van der Waals surface area (Å²) < 4.78 is 12.9. The smallest absolute Gasteiger partial charge is 0.165 e. The average molecular weight is 339 g/mol. The molecule has 1 aliphatic heterocycles. The highest BCUT2D eigenvalue weighted by molar-refractivity contribution is 5.86. The van der Waals surface area contributed by atoms with E-state index in [4.69, 9.17) is 14.5 Å². The number of methoxy groups -OCH3 is 2. The van der Waals surface area contributed by atoms with Crippen LogP contribution in [0.15, 0.2) is 24.5 Å². The number of hydrogen-bond acceptors (Lipinski definition) is 6. The lowest BCUT2D eigenvalue weighted by molar-refractivity contribution is 0.395. The standard InChI is InChI=1S/C18H21N5O2/c1-24-12-7-8-13(14(10-12)25-2)21-17-16-18(20-11-19-17)23-9-5-3-4-6-15(23)22-16/h7-8,10-11H,3-6,9H2,1-2H3,(H,19,20,21). The fraction of sp³-hybridized carbons (Fsp3) is 0.389. The van der Waals surface area contributed by atoms with Crippen molar-refractivity contribution in [3.8, 4) is 11.5 Å². The molecule has 3 aromatic rings. The van der Waals surface area contributed by atoms with E-state index in [1.54, 1.807) is 20.5 Å². The predicted molar refractivity (Wildman–Crippen MR) is 95.7 cm³/mol. The number of anilines is 2. The van der Waals surface area contributed by atoms with Crippen molar-refractivity contribution in [2.24, 2.45) is 0 Å². The molecule has 130 valence electrons. The highest BCUT2D eigenvalue weighted by Gasteiger charge is 2.18. The van der Waals surface area contributed by atoms with Crippen LogP contribution in [-0.4, -0.2) is 33.7 Å². The van der Waals surface area contributed by atoms with Gasteiger partial charge in [0.25, 0.3) is 0 Å². The summed E-state index contributed by atoms with van der Waals surface area (Å²) in [4.78, 5) is 13.7. The summed E-state index contributed by atoms with van der Waals surface area (Å²) in [6.07, 6.45) is 6.15. The Labute approximate surface area is 146 Å². The summed E-state index contributed by atoms with van der Waals surface area (Å²) in [5, 5.41) is 3.34. The molecule has 0 saturated carbocycles. The number of rotatable bonds is 4. The van der Waals surface area contributed by atoms with E-state index in [1.165, 1.54) is 12.8 Å². The van der Waals surface area contributed by atoms with Crippen molar-refractivity contribution >= 4 is 22.7 Å². The topological polar surface area (TPSA) is 74.1 Å². The highest BCUT2D eigenvalue weighted by Crippen LogP contribution is 2.33. The first-order chi connectivity index (χ1) is 12.3. The van der Waals surface area contributed by atoms with Crippen molar-refractivity contribution in [2.75, 3.05) is 19.5 Å². The van der Waals surface area contributed by atoms with E-state index in [0.29, 0.717) is 11.6 Å². The van der Waals surface area contributed by atoms with Crippen LogP contribution in [0.25, 0.3) is 11.2 Å². The number of imidazole rings is 1. The zero-order valence-corrected chi connectivity index (χ0v) is 14.5. The third-order valence-corrected chi connectivity index (χ3v) is 4.55. The van der Waals surface area contributed by atoms with Gasteiger partial charge in [-0.1, -0.05) is 6.42 Å². The normalized spacial score (nSPS) is 14.0. The second-order valence-corrected chi connectivity index (χ2v) is 6.08. The first-order valence-corrected chi connectivity index (χ1v) is 8.49. The molecule has 0 radical (unpaired) electrons. The van der Waals surface area contributed by atoms with Crippen LogP contribution in [0.5, 0.6) is 11.5 Å². The van der Waals surface area contributed by atoms with Gasteiger partial charge in [-0.15, -0.1) is 0 Å². The molecule has 7 nitrogen and oxygen atoms in total. The number of benzene rings is 1. The van der Waals surface area contributed by atoms with E-state index in [2.05, 4.69) is 19.9 Å².